The zero-order valence-electron chi connectivity index (χ0n) is 9.77. The van der Waals surface area contributed by atoms with Gasteiger partial charge in [-0.25, -0.2) is 13.8 Å². The predicted molar refractivity (Wildman–Crippen MR) is 65.7 cm³/mol. The topological polar surface area (TPSA) is 39.9 Å². The molecule has 0 bridgehead atoms. The molecule has 0 fully saturated rings. The first-order valence-corrected chi connectivity index (χ1v) is 5.41. The number of para-hydroxylation sites is 1. The van der Waals surface area contributed by atoms with Gasteiger partial charge in [-0.1, -0.05) is 18.2 Å². The summed E-state index contributed by atoms with van der Waals surface area (Å²) in [6.07, 6.45) is -2.44. The Kier molecular flexibility index (Phi) is 3.38. The molecule has 0 spiro atoms. The SMILES string of the molecule is CN(CC(F)F)c1cc(C#N)c2ccccc2n1. The van der Waals surface area contributed by atoms with Crippen molar-refractivity contribution in [2.24, 2.45) is 0 Å². The Hall–Kier alpha value is -2.22. The van der Waals surface area contributed by atoms with Crippen molar-refractivity contribution in [2.75, 3.05) is 18.5 Å². The Bertz CT molecular complexity index is 605. The predicted octanol–water partition coefficient (Wildman–Crippen LogP) is 2.81. The summed E-state index contributed by atoms with van der Waals surface area (Å²) in [6, 6.07) is 10.8. The second-order valence-corrected chi connectivity index (χ2v) is 3.93. The summed E-state index contributed by atoms with van der Waals surface area (Å²) in [5, 5.41) is 9.81. The second-order valence-electron chi connectivity index (χ2n) is 3.93. The highest BCUT2D eigenvalue weighted by atomic mass is 19.3. The highest BCUT2D eigenvalue weighted by molar-refractivity contribution is 5.86. The van der Waals surface area contributed by atoms with Crippen molar-refractivity contribution in [3.05, 3.63) is 35.9 Å². The molecule has 0 saturated carbocycles. The fourth-order valence-corrected chi connectivity index (χ4v) is 1.75. The number of anilines is 1. The van der Waals surface area contributed by atoms with E-state index in [1.807, 2.05) is 6.07 Å². The molecule has 0 N–H and O–H groups in total. The lowest BCUT2D eigenvalue weighted by Crippen LogP contribution is -2.25. The number of halogens is 2. The zero-order valence-corrected chi connectivity index (χ0v) is 9.77. The molecule has 0 saturated heterocycles. The van der Waals surface area contributed by atoms with Crippen molar-refractivity contribution in [1.29, 1.82) is 5.26 Å². The number of fused-ring (bicyclic) bond motifs is 1. The van der Waals surface area contributed by atoms with Gasteiger partial charge in [0.05, 0.1) is 23.7 Å². The molecule has 2 aromatic rings. The minimum absolute atomic E-state index is 0.380. The van der Waals surface area contributed by atoms with E-state index in [-0.39, 0.29) is 0 Å². The van der Waals surface area contributed by atoms with E-state index < -0.39 is 13.0 Å². The van der Waals surface area contributed by atoms with E-state index in [0.717, 1.165) is 5.39 Å². The minimum Gasteiger partial charge on any atom is -0.354 e. The summed E-state index contributed by atoms with van der Waals surface area (Å²) in [4.78, 5) is 5.62. The van der Waals surface area contributed by atoms with E-state index in [1.54, 1.807) is 18.2 Å². The number of benzene rings is 1. The van der Waals surface area contributed by atoms with Crippen LogP contribution in [0.1, 0.15) is 5.56 Å². The number of rotatable bonds is 3. The quantitative estimate of drug-likeness (QED) is 0.837. The molecular weight excluding hydrogens is 236 g/mol. The number of aromatic nitrogens is 1. The molecule has 1 aromatic carbocycles. The average Bonchev–Trinajstić information content (AvgIpc) is 2.36. The lowest BCUT2D eigenvalue weighted by Gasteiger charge is -2.18. The Balaban J connectivity index is 2.51. The van der Waals surface area contributed by atoms with Gasteiger partial charge in [-0.05, 0) is 12.1 Å². The molecule has 0 aliphatic rings. The lowest BCUT2D eigenvalue weighted by molar-refractivity contribution is 0.156. The van der Waals surface area contributed by atoms with Crippen LogP contribution in [0.5, 0.6) is 0 Å². The molecule has 3 nitrogen and oxygen atoms in total. The van der Waals surface area contributed by atoms with Gasteiger partial charge in [0.15, 0.2) is 0 Å². The van der Waals surface area contributed by atoms with Crippen molar-refractivity contribution in [2.45, 2.75) is 6.43 Å². The van der Waals surface area contributed by atoms with Crippen LogP contribution in [-0.2, 0) is 0 Å². The Morgan fingerprint density at radius 2 is 2.11 bits per heavy atom. The van der Waals surface area contributed by atoms with Crippen molar-refractivity contribution in [1.82, 2.24) is 4.98 Å². The van der Waals surface area contributed by atoms with Gasteiger partial charge in [0, 0.05) is 12.4 Å². The van der Waals surface area contributed by atoms with Crippen LogP contribution in [0, 0.1) is 11.3 Å². The Morgan fingerprint density at radius 3 is 2.78 bits per heavy atom. The van der Waals surface area contributed by atoms with Crippen molar-refractivity contribution < 1.29 is 8.78 Å². The molecule has 92 valence electrons. The fourth-order valence-electron chi connectivity index (χ4n) is 1.75. The zero-order chi connectivity index (χ0) is 13.1. The van der Waals surface area contributed by atoms with E-state index in [1.165, 1.54) is 18.0 Å². The number of pyridine rings is 1. The maximum Gasteiger partial charge on any atom is 0.255 e. The van der Waals surface area contributed by atoms with E-state index in [9.17, 15) is 8.78 Å². The summed E-state index contributed by atoms with van der Waals surface area (Å²) < 4.78 is 24.7. The number of hydrogen-bond acceptors (Lipinski definition) is 3. The summed E-state index contributed by atoms with van der Waals surface area (Å²) in [7, 11) is 1.53. The van der Waals surface area contributed by atoms with Gasteiger partial charge in [-0.15, -0.1) is 0 Å². The van der Waals surface area contributed by atoms with Crippen LogP contribution in [0.15, 0.2) is 30.3 Å². The van der Waals surface area contributed by atoms with Crippen molar-refractivity contribution in [3.63, 3.8) is 0 Å². The van der Waals surface area contributed by atoms with Crippen LogP contribution >= 0.6 is 0 Å². The van der Waals surface area contributed by atoms with Gasteiger partial charge < -0.3 is 4.90 Å². The second kappa shape index (κ2) is 4.96. The van der Waals surface area contributed by atoms with Gasteiger partial charge >= 0.3 is 0 Å². The van der Waals surface area contributed by atoms with Gasteiger partial charge in [0.1, 0.15) is 5.82 Å². The summed E-state index contributed by atoms with van der Waals surface area (Å²) in [5.41, 5.74) is 1.07. The molecule has 5 heteroatoms. The van der Waals surface area contributed by atoms with Crippen LogP contribution in [0.3, 0.4) is 0 Å². The smallest absolute Gasteiger partial charge is 0.255 e. The maximum atomic E-state index is 12.3. The van der Waals surface area contributed by atoms with E-state index >= 15 is 0 Å². The molecule has 0 aliphatic carbocycles. The van der Waals surface area contributed by atoms with E-state index in [0.29, 0.717) is 16.9 Å². The van der Waals surface area contributed by atoms with Crippen LogP contribution in [-0.4, -0.2) is 25.0 Å². The fraction of sp³-hybridized carbons (Fsp3) is 0.231. The molecule has 0 unspecified atom stereocenters. The molecule has 1 aromatic heterocycles. The van der Waals surface area contributed by atoms with Crippen LogP contribution in [0.25, 0.3) is 10.9 Å². The molecule has 2 rings (SSSR count). The molecule has 0 aliphatic heterocycles. The van der Waals surface area contributed by atoms with Gasteiger partial charge in [-0.3, -0.25) is 0 Å². The molecule has 0 amide bonds. The molecule has 18 heavy (non-hydrogen) atoms. The third kappa shape index (κ3) is 2.38. The number of hydrogen-bond donors (Lipinski definition) is 0. The standard InChI is InChI=1S/C13H11F2N3/c1-18(8-12(14)15)13-6-9(7-16)10-4-2-3-5-11(10)17-13/h2-6,12H,8H2,1H3. The van der Waals surface area contributed by atoms with Crippen molar-refractivity contribution >= 4 is 16.7 Å². The molecule has 0 radical (unpaired) electrons. The van der Waals surface area contributed by atoms with Crippen LogP contribution < -0.4 is 4.90 Å². The molecule has 1 heterocycles. The number of nitriles is 1. The number of alkyl halides is 2. The first-order valence-electron chi connectivity index (χ1n) is 5.41. The summed E-state index contributed by atoms with van der Waals surface area (Å²) in [5.74, 6) is 0.380. The first kappa shape index (κ1) is 12.2. The largest absolute Gasteiger partial charge is 0.354 e. The van der Waals surface area contributed by atoms with Gasteiger partial charge in [-0.2, -0.15) is 5.26 Å². The minimum atomic E-state index is -2.44. The van der Waals surface area contributed by atoms with Crippen LogP contribution in [0.2, 0.25) is 0 Å². The van der Waals surface area contributed by atoms with E-state index in [4.69, 9.17) is 5.26 Å². The Labute approximate surface area is 103 Å². The highest BCUT2D eigenvalue weighted by Gasteiger charge is 2.12. The molecular formula is C13H11F2N3. The van der Waals surface area contributed by atoms with Crippen molar-refractivity contribution in [3.8, 4) is 6.07 Å². The maximum absolute atomic E-state index is 12.3. The van der Waals surface area contributed by atoms with Crippen LogP contribution in [0.4, 0.5) is 14.6 Å². The lowest BCUT2D eigenvalue weighted by atomic mass is 10.1. The summed E-state index contributed by atoms with van der Waals surface area (Å²) in [6.45, 7) is -0.407. The number of nitrogens with zero attached hydrogens (tertiary/aromatic N) is 3. The average molecular weight is 247 g/mol. The normalized spacial score (nSPS) is 10.6. The summed E-state index contributed by atoms with van der Waals surface area (Å²) >= 11 is 0. The van der Waals surface area contributed by atoms with Gasteiger partial charge in [0.25, 0.3) is 6.43 Å². The van der Waals surface area contributed by atoms with Gasteiger partial charge in [0.2, 0.25) is 0 Å². The highest BCUT2D eigenvalue weighted by Crippen LogP contribution is 2.22. The first-order chi connectivity index (χ1) is 8.61. The molecule has 0 atom stereocenters. The van der Waals surface area contributed by atoms with E-state index in [2.05, 4.69) is 11.1 Å². The monoisotopic (exact) mass is 247 g/mol. The Morgan fingerprint density at radius 1 is 1.39 bits per heavy atom. The third-order valence-corrected chi connectivity index (χ3v) is 2.63. The third-order valence-electron chi connectivity index (χ3n) is 2.63.